The molecule has 0 fully saturated rings. The maximum atomic E-state index is 12.3. The summed E-state index contributed by atoms with van der Waals surface area (Å²) in [5.74, 6) is -1.26. The highest BCUT2D eigenvalue weighted by molar-refractivity contribution is 5.75. The molecule has 0 aromatic carbocycles. The quantitative estimate of drug-likeness (QED) is 0.533. The molecule has 0 radical (unpaired) electrons. The lowest BCUT2D eigenvalue weighted by molar-refractivity contribution is 0.0929. The van der Waals surface area contributed by atoms with Crippen molar-refractivity contribution in [1.29, 1.82) is 0 Å². The van der Waals surface area contributed by atoms with Gasteiger partial charge < -0.3 is 0 Å². The van der Waals surface area contributed by atoms with Gasteiger partial charge >= 0.3 is 5.69 Å². The summed E-state index contributed by atoms with van der Waals surface area (Å²) in [6, 6.07) is 0. The zero-order chi connectivity index (χ0) is 8.43. The fourth-order valence-corrected chi connectivity index (χ4v) is 0.617. The molecule has 0 unspecified atom stereocenters. The highest BCUT2D eigenvalue weighted by Gasteiger charge is 2.01. The second-order valence-corrected chi connectivity index (χ2v) is 1.94. The van der Waals surface area contributed by atoms with Gasteiger partial charge in [0.05, 0.1) is 12.4 Å². The van der Waals surface area contributed by atoms with Crippen LogP contribution in [-0.2, 0) is 0 Å². The van der Waals surface area contributed by atoms with Crippen LogP contribution < -0.4 is 5.69 Å². The van der Waals surface area contributed by atoms with Gasteiger partial charge in [0.15, 0.2) is 5.82 Å². The smallest absolute Gasteiger partial charge is 0.274 e. The van der Waals surface area contributed by atoms with Crippen molar-refractivity contribution < 1.29 is 9.18 Å². The van der Waals surface area contributed by atoms with Crippen molar-refractivity contribution >= 4 is 5.91 Å². The highest BCUT2D eigenvalue weighted by atomic mass is 19.1. The van der Waals surface area contributed by atoms with Crippen LogP contribution >= 0.6 is 0 Å². The molecule has 0 saturated carbocycles. The second-order valence-electron chi connectivity index (χ2n) is 1.94. The van der Waals surface area contributed by atoms with E-state index in [1.54, 1.807) is 0 Å². The maximum Gasteiger partial charge on any atom is 0.354 e. The maximum absolute atomic E-state index is 12.3. The predicted octanol–water partition coefficient (Wildman–Crippen LogP) is 0.0425. The molecule has 0 aliphatic carbocycles. The van der Waals surface area contributed by atoms with Gasteiger partial charge in [0.1, 0.15) is 0 Å². The summed E-state index contributed by atoms with van der Waals surface area (Å²) in [6.07, 6.45) is 1.57. The van der Waals surface area contributed by atoms with Crippen LogP contribution in [0.15, 0.2) is 17.2 Å². The zero-order valence-corrected chi connectivity index (χ0v) is 5.74. The average molecular weight is 156 g/mol. The molecule has 0 bridgehead atoms. The van der Waals surface area contributed by atoms with Crippen molar-refractivity contribution in [2.24, 2.45) is 0 Å². The van der Waals surface area contributed by atoms with E-state index in [4.69, 9.17) is 0 Å². The lowest BCUT2D eigenvalue weighted by atomic mass is 10.6. The Bertz CT molecular complexity index is 345. The third kappa shape index (κ3) is 1.49. The van der Waals surface area contributed by atoms with Gasteiger partial charge in [-0.05, 0) is 0 Å². The second kappa shape index (κ2) is 2.61. The van der Waals surface area contributed by atoms with E-state index in [1.807, 2.05) is 0 Å². The normalized spacial score (nSPS) is 9.64. The predicted molar refractivity (Wildman–Crippen MR) is 34.8 cm³/mol. The number of nitrogens with zero attached hydrogens (tertiary/aromatic N) is 2. The number of hydrogen-bond acceptors (Lipinski definition) is 3. The molecule has 0 saturated heterocycles. The first-order valence-corrected chi connectivity index (χ1v) is 2.86. The molecule has 5 heteroatoms. The fourth-order valence-electron chi connectivity index (χ4n) is 0.617. The standard InChI is InChI=1S/C6H5FN2O2/c1-4(10)9-3-5(7)2-8-6(9)11/h2-3H,1H3. The van der Waals surface area contributed by atoms with Gasteiger partial charge in [-0.25, -0.2) is 13.8 Å². The van der Waals surface area contributed by atoms with Crippen molar-refractivity contribution in [3.05, 3.63) is 28.7 Å². The molecule has 0 atom stereocenters. The Labute approximate surface area is 61.3 Å². The topological polar surface area (TPSA) is 52.0 Å². The van der Waals surface area contributed by atoms with Crippen LogP contribution in [0.1, 0.15) is 11.7 Å². The molecule has 0 aliphatic rings. The number of carbonyl (C=O) groups excluding carboxylic acids is 1. The van der Waals surface area contributed by atoms with Gasteiger partial charge in [-0.3, -0.25) is 4.79 Å². The number of aromatic nitrogens is 2. The molecule has 1 rings (SSSR count). The molecule has 4 nitrogen and oxygen atoms in total. The third-order valence-electron chi connectivity index (χ3n) is 1.10. The largest absolute Gasteiger partial charge is 0.354 e. The van der Waals surface area contributed by atoms with E-state index in [9.17, 15) is 14.0 Å². The minimum Gasteiger partial charge on any atom is -0.274 e. The van der Waals surface area contributed by atoms with Crippen LogP contribution in [0.5, 0.6) is 0 Å². The van der Waals surface area contributed by atoms with E-state index in [1.165, 1.54) is 0 Å². The first kappa shape index (κ1) is 7.59. The number of hydrogen-bond donors (Lipinski definition) is 0. The van der Waals surface area contributed by atoms with Gasteiger partial charge in [0.2, 0.25) is 5.91 Å². The molecule has 0 N–H and O–H groups in total. The van der Waals surface area contributed by atoms with E-state index in [0.717, 1.165) is 19.3 Å². The Morgan fingerprint density at radius 1 is 1.73 bits per heavy atom. The number of halogens is 1. The summed E-state index contributed by atoms with van der Waals surface area (Å²) < 4.78 is 12.9. The molecule has 1 aromatic rings. The minimum absolute atomic E-state index is 0.554. The molecule has 58 valence electrons. The summed E-state index contributed by atoms with van der Waals surface area (Å²) in [7, 11) is 0. The lowest BCUT2D eigenvalue weighted by Gasteiger charge is -1.95. The SMILES string of the molecule is CC(=O)n1cc(F)cnc1=O. The van der Waals surface area contributed by atoms with Crippen LogP contribution in [0.4, 0.5) is 4.39 Å². The van der Waals surface area contributed by atoms with Gasteiger partial charge in [0.25, 0.3) is 0 Å². The summed E-state index contributed by atoms with van der Waals surface area (Å²) in [6.45, 7) is 1.16. The summed E-state index contributed by atoms with van der Waals surface area (Å²) >= 11 is 0. The summed E-state index contributed by atoms with van der Waals surface area (Å²) in [5, 5.41) is 0. The van der Waals surface area contributed by atoms with E-state index >= 15 is 0 Å². The summed E-state index contributed by atoms with van der Waals surface area (Å²) in [5.41, 5.74) is -0.765. The Hall–Kier alpha value is -1.52. The molecular weight excluding hydrogens is 151 g/mol. The van der Waals surface area contributed by atoms with Crippen molar-refractivity contribution in [3.8, 4) is 0 Å². The molecule has 1 aromatic heterocycles. The van der Waals surface area contributed by atoms with E-state index in [-0.39, 0.29) is 0 Å². The Kier molecular flexibility index (Phi) is 1.80. The monoisotopic (exact) mass is 156 g/mol. The number of rotatable bonds is 0. The number of carbonyl (C=O) groups is 1. The van der Waals surface area contributed by atoms with Crippen molar-refractivity contribution in [1.82, 2.24) is 9.55 Å². The molecule has 1 heterocycles. The Morgan fingerprint density at radius 2 is 2.36 bits per heavy atom. The fraction of sp³-hybridized carbons (Fsp3) is 0.167. The first-order valence-electron chi connectivity index (χ1n) is 2.86. The van der Waals surface area contributed by atoms with Crippen molar-refractivity contribution in [3.63, 3.8) is 0 Å². The van der Waals surface area contributed by atoms with Crippen LogP contribution in [0.25, 0.3) is 0 Å². The van der Waals surface area contributed by atoms with Crippen LogP contribution in [-0.4, -0.2) is 15.5 Å². The van der Waals surface area contributed by atoms with E-state index in [2.05, 4.69) is 4.98 Å². The van der Waals surface area contributed by atoms with Gasteiger partial charge in [-0.15, -0.1) is 0 Å². The van der Waals surface area contributed by atoms with E-state index < -0.39 is 17.4 Å². The van der Waals surface area contributed by atoms with Crippen molar-refractivity contribution in [2.75, 3.05) is 0 Å². The molecule has 0 amide bonds. The highest BCUT2D eigenvalue weighted by Crippen LogP contribution is 1.88. The lowest BCUT2D eigenvalue weighted by Crippen LogP contribution is -2.26. The van der Waals surface area contributed by atoms with Crippen LogP contribution in [0.2, 0.25) is 0 Å². The third-order valence-corrected chi connectivity index (χ3v) is 1.10. The molecule has 0 spiro atoms. The zero-order valence-electron chi connectivity index (χ0n) is 5.74. The first-order chi connectivity index (χ1) is 5.11. The van der Waals surface area contributed by atoms with Gasteiger partial charge in [0, 0.05) is 6.92 Å². The molecular formula is C6H5FN2O2. The van der Waals surface area contributed by atoms with Gasteiger partial charge in [-0.1, -0.05) is 0 Å². The van der Waals surface area contributed by atoms with Crippen LogP contribution in [0.3, 0.4) is 0 Å². The Balaban J connectivity index is 3.35. The molecule has 0 aliphatic heterocycles. The molecule has 11 heavy (non-hydrogen) atoms. The van der Waals surface area contributed by atoms with Crippen LogP contribution in [0, 0.1) is 5.82 Å². The van der Waals surface area contributed by atoms with Gasteiger partial charge in [-0.2, -0.15) is 4.98 Å². The minimum atomic E-state index is -0.765. The van der Waals surface area contributed by atoms with Crippen molar-refractivity contribution in [2.45, 2.75) is 6.92 Å². The average Bonchev–Trinajstić information content (AvgIpc) is 1.94. The summed E-state index contributed by atoms with van der Waals surface area (Å²) in [4.78, 5) is 24.4. The Morgan fingerprint density at radius 3 is 2.82 bits per heavy atom. The van der Waals surface area contributed by atoms with E-state index in [0.29, 0.717) is 4.57 Å².